The average Bonchev–Trinajstić information content (AvgIpc) is 3.62. The van der Waals surface area contributed by atoms with E-state index < -0.39 is 24.3 Å². The molecule has 10 nitrogen and oxygen atoms in total. The molecule has 1 aliphatic rings. The number of H-pyrrole nitrogens is 1. The van der Waals surface area contributed by atoms with Crippen molar-refractivity contribution in [3.8, 4) is 11.5 Å². The molecule has 0 bridgehead atoms. The Kier molecular flexibility index (Phi) is 4.50. The highest BCUT2D eigenvalue weighted by Gasteiger charge is 2.38. The molecule has 172 valence electrons. The number of benzene rings is 1. The van der Waals surface area contributed by atoms with E-state index >= 15 is 0 Å². The van der Waals surface area contributed by atoms with Crippen LogP contribution in [0.15, 0.2) is 51.8 Å². The first-order valence-electron chi connectivity index (χ1n) is 10.2. The van der Waals surface area contributed by atoms with Crippen LogP contribution in [0.1, 0.15) is 40.4 Å². The zero-order valence-corrected chi connectivity index (χ0v) is 17.2. The smallest absolute Gasteiger partial charge is 0.333 e. The van der Waals surface area contributed by atoms with Gasteiger partial charge in [-0.1, -0.05) is 12.1 Å². The van der Waals surface area contributed by atoms with Gasteiger partial charge in [-0.15, -0.1) is 10.2 Å². The molecule has 5 aromatic rings. The number of alkyl halides is 2. The molecule has 5 heterocycles. The highest BCUT2D eigenvalue weighted by Crippen LogP contribution is 2.37. The van der Waals surface area contributed by atoms with Gasteiger partial charge in [0.05, 0.1) is 23.8 Å². The van der Waals surface area contributed by atoms with Gasteiger partial charge in [0, 0.05) is 30.2 Å². The van der Waals surface area contributed by atoms with Gasteiger partial charge in [-0.05, 0) is 12.1 Å². The Bertz CT molecular complexity index is 1520. The fraction of sp³-hybridized carbons (Fsp3) is 0.190. The Morgan fingerprint density at radius 2 is 2.12 bits per heavy atom. The third-order valence-electron chi connectivity index (χ3n) is 5.63. The summed E-state index contributed by atoms with van der Waals surface area (Å²) in [5.74, 6) is -1.29. The van der Waals surface area contributed by atoms with Crippen molar-refractivity contribution in [2.45, 2.75) is 19.0 Å². The van der Waals surface area contributed by atoms with Crippen LogP contribution in [-0.2, 0) is 6.42 Å². The molecule has 0 saturated heterocycles. The number of hydrogen-bond acceptors (Lipinski definition) is 7. The number of para-hydroxylation sites is 1. The predicted octanol–water partition coefficient (Wildman–Crippen LogP) is 3.72. The molecule has 1 amide bonds. The largest absolute Gasteiger partial charge is 0.455 e. The van der Waals surface area contributed by atoms with Crippen molar-refractivity contribution in [3.63, 3.8) is 0 Å². The van der Waals surface area contributed by atoms with Crippen LogP contribution in [0.4, 0.5) is 13.2 Å². The number of nitrogens with zero attached hydrogens (tertiary/aromatic N) is 6. The van der Waals surface area contributed by atoms with Gasteiger partial charge < -0.3 is 18.7 Å². The van der Waals surface area contributed by atoms with Crippen LogP contribution in [0, 0.1) is 5.82 Å². The van der Waals surface area contributed by atoms with Crippen molar-refractivity contribution in [2.75, 3.05) is 6.54 Å². The fourth-order valence-corrected chi connectivity index (χ4v) is 4.07. The number of nitrogens with one attached hydrogen (secondary N) is 1. The van der Waals surface area contributed by atoms with Crippen LogP contribution in [0.25, 0.3) is 22.4 Å². The van der Waals surface area contributed by atoms with E-state index in [0.29, 0.717) is 27.9 Å². The molecule has 6 rings (SSSR count). The van der Waals surface area contributed by atoms with Crippen molar-refractivity contribution in [1.29, 1.82) is 0 Å². The summed E-state index contributed by atoms with van der Waals surface area (Å²) in [6.07, 6.45) is 4.17. The second-order valence-electron chi connectivity index (χ2n) is 7.62. The van der Waals surface area contributed by atoms with E-state index in [1.807, 2.05) is 0 Å². The number of hydrogen-bond donors (Lipinski definition) is 1. The lowest BCUT2D eigenvalue weighted by molar-refractivity contribution is 0.0566. The number of rotatable bonds is 4. The minimum Gasteiger partial charge on any atom is -0.455 e. The van der Waals surface area contributed by atoms with Crippen LogP contribution < -0.4 is 0 Å². The highest BCUT2D eigenvalue weighted by molar-refractivity contribution is 5.90. The molecule has 0 spiro atoms. The van der Waals surface area contributed by atoms with E-state index in [4.69, 9.17) is 8.83 Å². The number of furan rings is 1. The Morgan fingerprint density at radius 3 is 2.91 bits per heavy atom. The van der Waals surface area contributed by atoms with Gasteiger partial charge in [0.15, 0.2) is 11.4 Å². The molecule has 4 aromatic heterocycles. The third kappa shape index (κ3) is 3.16. The molecule has 0 saturated carbocycles. The Labute approximate surface area is 188 Å². The van der Waals surface area contributed by atoms with Crippen molar-refractivity contribution >= 4 is 16.9 Å². The SMILES string of the molecule is O=C(c1nnc(-c2cnn(C(F)F)c2)o1)N1CCc2[nH]cnc2[C@H]1c1cc2cccc(F)c2o1. The Balaban J connectivity index is 1.37. The summed E-state index contributed by atoms with van der Waals surface area (Å²) in [6.45, 7) is -2.57. The molecule has 1 N–H and O–H groups in total. The van der Waals surface area contributed by atoms with E-state index in [2.05, 4.69) is 25.3 Å². The lowest BCUT2D eigenvalue weighted by Gasteiger charge is -2.32. The molecule has 1 aliphatic heterocycles. The van der Waals surface area contributed by atoms with E-state index in [1.54, 1.807) is 18.2 Å². The predicted molar refractivity (Wildman–Crippen MR) is 108 cm³/mol. The van der Waals surface area contributed by atoms with Crippen molar-refractivity contribution < 1.29 is 26.8 Å². The molecule has 0 unspecified atom stereocenters. The number of aromatic amines is 1. The molecular formula is C21H14F3N7O3. The van der Waals surface area contributed by atoms with Gasteiger partial charge in [-0.25, -0.2) is 14.1 Å². The monoisotopic (exact) mass is 469 g/mol. The van der Waals surface area contributed by atoms with Crippen LogP contribution in [-0.4, -0.2) is 47.3 Å². The maximum atomic E-state index is 14.3. The summed E-state index contributed by atoms with van der Waals surface area (Å²) in [6, 6.07) is 5.44. The molecule has 13 heteroatoms. The lowest BCUT2D eigenvalue weighted by atomic mass is 10.00. The first-order chi connectivity index (χ1) is 16.5. The normalized spacial score (nSPS) is 15.9. The number of carbonyl (C=O) groups is 1. The number of halogens is 3. The third-order valence-corrected chi connectivity index (χ3v) is 5.63. The average molecular weight is 469 g/mol. The van der Waals surface area contributed by atoms with Gasteiger partial charge in [0.2, 0.25) is 0 Å². The van der Waals surface area contributed by atoms with E-state index in [0.717, 1.165) is 18.1 Å². The fourth-order valence-electron chi connectivity index (χ4n) is 4.07. The lowest BCUT2D eigenvalue weighted by Crippen LogP contribution is -2.40. The second kappa shape index (κ2) is 7.57. The molecule has 34 heavy (non-hydrogen) atoms. The summed E-state index contributed by atoms with van der Waals surface area (Å²) in [4.78, 5) is 22.2. The molecule has 1 atom stereocenters. The summed E-state index contributed by atoms with van der Waals surface area (Å²) in [5.41, 5.74) is 1.59. The number of imidazole rings is 1. The topological polar surface area (TPSA) is 119 Å². The minimum atomic E-state index is -2.83. The first-order valence-corrected chi connectivity index (χ1v) is 10.2. The van der Waals surface area contributed by atoms with E-state index in [1.165, 1.54) is 17.3 Å². The molecule has 0 aliphatic carbocycles. The number of aromatic nitrogens is 6. The molecule has 0 fully saturated rings. The number of carbonyl (C=O) groups excluding carboxylic acids is 1. The highest BCUT2D eigenvalue weighted by atomic mass is 19.3. The van der Waals surface area contributed by atoms with Crippen LogP contribution in [0.5, 0.6) is 0 Å². The minimum absolute atomic E-state index is 0.0728. The standard InChI is InChI=1S/C21H14F3N7O3/c22-12-3-1-2-10-6-14(33-17(10)12)16-15-13(25-9-26-15)4-5-30(16)20(32)19-29-28-18(34-19)11-7-27-31(8-11)21(23)24/h1-3,6-9,16,21H,4-5H2,(H,25,26)/t16-/m1/s1. The zero-order chi connectivity index (χ0) is 23.4. The Hall–Kier alpha value is -4.42. The quantitative estimate of drug-likeness (QED) is 0.426. The van der Waals surface area contributed by atoms with Gasteiger partial charge in [-0.2, -0.15) is 13.9 Å². The van der Waals surface area contributed by atoms with Crippen molar-refractivity contribution in [3.05, 3.63) is 71.8 Å². The maximum absolute atomic E-state index is 14.3. The van der Waals surface area contributed by atoms with Crippen molar-refractivity contribution in [1.82, 2.24) is 34.8 Å². The number of fused-ring (bicyclic) bond motifs is 2. The van der Waals surface area contributed by atoms with Gasteiger partial charge in [0.25, 0.3) is 5.89 Å². The van der Waals surface area contributed by atoms with Gasteiger partial charge in [0.1, 0.15) is 11.8 Å². The zero-order valence-electron chi connectivity index (χ0n) is 17.2. The number of amides is 1. The van der Waals surface area contributed by atoms with Gasteiger partial charge >= 0.3 is 18.3 Å². The summed E-state index contributed by atoms with van der Waals surface area (Å²) in [5, 5.41) is 11.7. The van der Waals surface area contributed by atoms with E-state index in [-0.39, 0.29) is 29.5 Å². The van der Waals surface area contributed by atoms with Gasteiger partial charge in [-0.3, -0.25) is 4.79 Å². The Morgan fingerprint density at radius 1 is 1.24 bits per heavy atom. The summed E-state index contributed by atoms with van der Waals surface area (Å²) >= 11 is 0. The van der Waals surface area contributed by atoms with Crippen LogP contribution in [0.3, 0.4) is 0 Å². The van der Waals surface area contributed by atoms with Crippen LogP contribution >= 0.6 is 0 Å². The second-order valence-corrected chi connectivity index (χ2v) is 7.62. The molecule has 1 aromatic carbocycles. The molecule has 0 radical (unpaired) electrons. The summed E-state index contributed by atoms with van der Waals surface area (Å²) < 4.78 is 51.6. The summed E-state index contributed by atoms with van der Waals surface area (Å²) in [7, 11) is 0. The first kappa shape index (κ1) is 20.2. The molecular weight excluding hydrogens is 455 g/mol. The van der Waals surface area contributed by atoms with Crippen LogP contribution in [0.2, 0.25) is 0 Å². The van der Waals surface area contributed by atoms with E-state index in [9.17, 15) is 18.0 Å². The maximum Gasteiger partial charge on any atom is 0.333 e. The van der Waals surface area contributed by atoms with Crippen molar-refractivity contribution in [2.24, 2.45) is 0 Å².